The van der Waals surface area contributed by atoms with E-state index in [-0.39, 0.29) is 24.9 Å². The summed E-state index contributed by atoms with van der Waals surface area (Å²) in [5.41, 5.74) is 5.41. The van der Waals surface area contributed by atoms with E-state index >= 15 is 0 Å². The molecule has 0 aliphatic carbocycles. The van der Waals surface area contributed by atoms with E-state index in [1.165, 1.54) is 0 Å². The summed E-state index contributed by atoms with van der Waals surface area (Å²) >= 11 is 0. The number of hydrogen-bond acceptors (Lipinski definition) is 3. The van der Waals surface area contributed by atoms with Crippen LogP contribution in [0.2, 0.25) is 0 Å². The van der Waals surface area contributed by atoms with Crippen molar-refractivity contribution in [2.75, 3.05) is 6.54 Å². The highest BCUT2D eigenvalue weighted by molar-refractivity contribution is 5.77. The predicted octanol–water partition coefficient (Wildman–Crippen LogP) is -0.0493. The van der Waals surface area contributed by atoms with Gasteiger partial charge in [-0.05, 0) is 13.3 Å². The van der Waals surface area contributed by atoms with Gasteiger partial charge in [-0.25, -0.2) is 0 Å². The first-order valence-electron chi connectivity index (χ1n) is 4.72. The van der Waals surface area contributed by atoms with Gasteiger partial charge in [-0.3, -0.25) is 9.59 Å². The third-order valence-electron chi connectivity index (χ3n) is 1.90. The molecule has 1 amide bonds. The monoisotopic (exact) mass is 202 g/mol. The third-order valence-corrected chi connectivity index (χ3v) is 1.90. The fourth-order valence-corrected chi connectivity index (χ4v) is 1.01. The van der Waals surface area contributed by atoms with Crippen molar-refractivity contribution in [3.8, 4) is 0 Å². The molecule has 0 heterocycles. The topological polar surface area (TPSA) is 92.4 Å². The summed E-state index contributed by atoms with van der Waals surface area (Å²) in [4.78, 5) is 21.7. The zero-order valence-electron chi connectivity index (χ0n) is 8.62. The molecule has 0 aliphatic rings. The minimum atomic E-state index is -0.881. The second kappa shape index (κ2) is 6.37. The average Bonchev–Trinajstić information content (AvgIpc) is 2.03. The zero-order chi connectivity index (χ0) is 11.1. The van der Waals surface area contributed by atoms with E-state index in [0.29, 0.717) is 6.42 Å². The molecule has 5 heteroatoms. The molecule has 2 atom stereocenters. The quantitative estimate of drug-likeness (QED) is 0.563. The van der Waals surface area contributed by atoms with Gasteiger partial charge in [0.2, 0.25) is 5.91 Å². The van der Waals surface area contributed by atoms with E-state index in [1.807, 2.05) is 0 Å². The summed E-state index contributed by atoms with van der Waals surface area (Å²) in [6.07, 6.45) is 0.740. The fraction of sp³-hybridized carbons (Fsp3) is 0.778. The molecule has 0 bridgehead atoms. The lowest BCUT2D eigenvalue weighted by molar-refractivity contribution is -0.141. The Balaban J connectivity index is 3.80. The summed E-state index contributed by atoms with van der Waals surface area (Å²) in [5.74, 6) is -1.58. The van der Waals surface area contributed by atoms with Crippen LogP contribution in [0.5, 0.6) is 0 Å². The van der Waals surface area contributed by atoms with Crippen molar-refractivity contribution < 1.29 is 14.7 Å². The van der Waals surface area contributed by atoms with Gasteiger partial charge in [-0.15, -0.1) is 0 Å². The Morgan fingerprint density at radius 1 is 1.50 bits per heavy atom. The van der Waals surface area contributed by atoms with E-state index < -0.39 is 11.9 Å². The molecule has 4 N–H and O–H groups in total. The van der Waals surface area contributed by atoms with Gasteiger partial charge in [0, 0.05) is 19.0 Å². The Morgan fingerprint density at radius 3 is 2.43 bits per heavy atom. The molecule has 0 aromatic heterocycles. The van der Waals surface area contributed by atoms with Crippen LogP contribution in [-0.4, -0.2) is 29.6 Å². The first-order valence-corrected chi connectivity index (χ1v) is 4.72. The van der Waals surface area contributed by atoms with Crippen LogP contribution in [0.15, 0.2) is 0 Å². The number of aliphatic carboxylic acids is 1. The number of nitrogens with one attached hydrogen (secondary N) is 1. The number of nitrogens with two attached hydrogens (primary N) is 1. The number of carbonyl (C=O) groups is 2. The van der Waals surface area contributed by atoms with Crippen LogP contribution < -0.4 is 11.1 Å². The standard InChI is InChI=1S/C9H18N2O3/c1-3-7(9(13)14)5-11-8(12)4-6(2)10/h6-7H,3-5,10H2,1-2H3,(H,11,12)(H,13,14). The van der Waals surface area contributed by atoms with Gasteiger partial charge < -0.3 is 16.2 Å². The van der Waals surface area contributed by atoms with Crippen LogP contribution in [0.4, 0.5) is 0 Å². The molecule has 0 rings (SSSR count). The first kappa shape index (κ1) is 12.9. The molecule has 0 radical (unpaired) electrons. The summed E-state index contributed by atoms with van der Waals surface area (Å²) in [6, 6.07) is -0.195. The van der Waals surface area contributed by atoms with Crippen LogP contribution in [0.1, 0.15) is 26.7 Å². The minimum absolute atomic E-state index is 0.178. The van der Waals surface area contributed by atoms with Gasteiger partial charge in [0.05, 0.1) is 5.92 Å². The summed E-state index contributed by atoms with van der Waals surface area (Å²) in [5, 5.41) is 11.2. The normalized spacial score (nSPS) is 14.5. The Labute approximate surface area is 83.7 Å². The first-order chi connectivity index (χ1) is 6.47. The minimum Gasteiger partial charge on any atom is -0.481 e. The molecular weight excluding hydrogens is 184 g/mol. The lowest BCUT2D eigenvalue weighted by Gasteiger charge is -2.11. The van der Waals surface area contributed by atoms with Crippen molar-refractivity contribution in [3.05, 3.63) is 0 Å². The highest BCUT2D eigenvalue weighted by Crippen LogP contribution is 2.00. The summed E-state index contributed by atoms with van der Waals surface area (Å²) < 4.78 is 0. The third kappa shape index (κ3) is 5.53. The molecule has 14 heavy (non-hydrogen) atoms. The van der Waals surface area contributed by atoms with Gasteiger partial charge >= 0.3 is 5.97 Å². The molecular formula is C9H18N2O3. The van der Waals surface area contributed by atoms with Crippen molar-refractivity contribution >= 4 is 11.9 Å². The lowest BCUT2D eigenvalue weighted by Crippen LogP contribution is -2.35. The van der Waals surface area contributed by atoms with E-state index in [1.54, 1.807) is 13.8 Å². The Kier molecular flexibility index (Phi) is 5.87. The highest BCUT2D eigenvalue weighted by Gasteiger charge is 2.15. The summed E-state index contributed by atoms with van der Waals surface area (Å²) in [6.45, 7) is 3.68. The smallest absolute Gasteiger partial charge is 0.308 e. The molecule has 0 aliphatic heterocycles. The largest absolute Gasteiger partial charge is 0.481 e. The number of carboxylic acids is 1. The Hall–Kier alpha value is -1.10. The maximum atomic E-state index is 11.1. The molecule has 5 nitrogen and oxygen atoms in total. The molecule has 0 saturated heterocycles. The maximum absolute atomic E-state index is 11.1. The van der Waals surface area contributed by atoms with Gasteiger partial charge in [0.15, 0.2) is 0 Å². The molecule has 82 valence electrons. The van der Waals surface area contributed by atoms with Crippen molar-refractivity contribution in [1.29, 1.82) is 0 Å². The number of carboxylic acid groups (broad SMARTS) is 1. The fourth-order valence-electron chi connectivity index (χ4n) is 1.01. The van der Waals surface area contributed by atoms with Gasteiger partial charge in [0.1, 0.15) is 0 Å². The number of hydrogen-bond donors (Lipinski definition) is 3. The van der Waals surface area contributed by atoms with E-state index in [2.05, 4.69) is 5.32 Å². The average molecular weight is 202 g/mol. The molecule has 2 unspecified atom stereocenters. The van der Waals surface area contributed by atoms with Crippen LogP contribution in [-0.2, 0) is 9.59 Å². The van der Waals surface area contributed by atoms with Crippen molar-refractivity contribution in [1.82, 2.24) is 5.32 Å². The zero-order valence-corrected chi connectivity index (χ0v) is 8.62. The van der Waals surface area contributed by atoms with Crippen molar-refractivity contribution in [3.63, 3.8) is 0 Å². The summed E-state index contributed by atoms with van der Waals surface area (Å²) in [7, 11) is 0. The SMILES string of the molecule is CCC(CNC(=O)CC(C)N)C(=O)O. The van der Waals surface area contributed by atoms with E-state index in [0.717, 1.165) is 0 Å². The second-order valence-electron chi connectivity index (χ2n) is 3.43. The van der Waals surface area contributed by atoms with Crippen LogP contribution in [0.25, 0.3) is 0 Å². The van der Waals surface area contributed by atoms with Gasteiger partial charge in [-0.2, -0.15) is 0 Å². The molecule has 0 aromatic carbocycles. The van der Waals surface area contributed by atoms with E-state index in [9.17, 15) is 9.59 Å². The second-order valence-corrected chi connectivity index (χ2v) is 3.43. The molecule has 0 saturated carbocycles. The Morgan fingerprint density at radius 2 is 2.07 bits per heavy atom. The van der Waals surface area contributed by atoms with Crippen LogP contribution in [0.3, 0.4) is 0 Å². The van der Waals surface area contributed by atoms with Gasteiger partial charge in [-0.1, -0.05) is 6.92 Å². The molecule has 0 fully saturated rings. The van der Waals surface area contributed by atoms with Gasteiger partial charge in [0.25, 0.3) is 0 Å². The maximum Gasteiger partial charge on any atom is 0.308 e. The number of rotatable bonds is 6. The molecule has 0 spiro atoms. The van der Waals surface area contributed by atoms with Crippen LogP contribution in [0, 0.1) is 5.92 Å². The van der Waals surface area contributed by atoms with Crippen LogP contribution >= 0.6 is 0 Å². The Bertz CT molecular complexity index is 204. The van der Waals surface area contributed by atoms with Crippen molar-refractivity contribution in [2.45, 2.75) is 32.7 Å². The molecule has 0 aromatic rings. The lowest BCUT2D eigenvalue weighted by atomic mass is 10.1. The predicted molar refractivity (Wildman–Crippen MR) is 52.7 cm³/mol. The number of amides is 1. The van der Waals surface area contributed by atoms with E-state index in [4.69, 9.17) is 10.8 Å². The van der Waals surface area contributed by atoms with Crippen molar-refractivity contribution in [2.24, 2.45) is 11.7 Å². The number of carbonyl (C=O) groups excluding carboxylic acids is 1. The highest BCUT2D eigenvalue weighted by atomic mass is 16.4.